The smallest absolute Gasteiger partial charge is 0.0672 e. The van der Waals surface area contributed by atoms with E-state index in [4.69, 9.17) is 11.8 Å². The molecule has 48 valence electrons. The van der Waals surface area contributed by atoms with E-state index in [1.165, 1.54) is 3.45 Å². The molecule has 1 aromatic carbocycles. The molecule has 0 aliphatic heterocycles. The molecule has 9 heavy (non-hydrogen) atoms. The van der Waals surface area contributed by atoms with Crippen molar-refractivity contribution in [1.82, 2.24) is 0 Å². The highest BCUT2D eigenvalue weighted by atomic mass is 79.9. The fourth-order valence-corrected chi connectivity index (χ4v) is 0.890. The second-order valence-corrected chi connectivity index (χ2v) is 3.02. The first-order chi connectivity index (χ1) is 4.30. The molecule has 1 nitrogen and oxygen atoms in total. The molecule has 0 saturated carbocycles. The quantitative estimate of drug-likeness (QED) is 0.639. The number of benzene rings is 1. The summed E-state index contributed by atoms with van der Waals surface area (Å²) in [5, 5.41) is 0. The maximum absolute atomic E-state index is 5.55. The topological polar surface area (TPSA) is 3.24 Å². The van der Waals surface area contributed by atoms with Crippen molar-refractivity contribution < 1.29 is 0 Å². The molecule has 0 aliphatic rings. The van der Waals surface area contributed by atoms with E-state index in [-0.39, 0.29) is 0 Å². The van der Waals surface area contributed by atoms with Crippen molar-refractivity contribution in [3.8, 4) is 0 Å². The molecule has 0 spiro atoms. The van der Waals surface area contributed by atoms with Crippen LogP contribution in [0.5, 0.6) is 0 Å². The molecule has 0 heterocycles. The zero-order chi connectivity index (χ0) is 6.69. The summed E-state index contributed by atoms with van der Waals surface area (Å²) in [6.45, 7) is 0. The highest BCUT2D eigenvalue weighted by Gasteiger charge is 1.92. The van der Waals surface area contributed by atoms with E-state index in [1.54, 1.807) is 0 Å². The average Bonchev–Trinajstić information content (AvgIpc) is 1.90. The SMILES string of the molecule is ClN(Br)c1ccccc1. The molecule has 0 saturated heterocycles. The molecule has 0 unspecified atom stereocenters. The zero-order valence-electron chi connectivity index (χ0n) is 4.59. The molecular weight excluding hydrogens is 201 g/mol. The number of halogens is 2. The zero-order valence-corrected chi connectivity index (χ0v) is 6.93. The second kappa shape index (κ2) is 3.08. The minimum atomic E-state index is 0.930. The van der Waals surface area contributed by atoms with Crippen LogP contribution in [0, 0.1) is 0 Å². The van der Waals surface area contributed by atoms with Gasteiger partial charge in [-0.25, -0.2) is 3.45 Å². The van der Waals surface area contributed by atoms with Gasteiger partial charge in [-0.3, -0.25) is 0 Å². The van der Waals surface area contributed by atoms with Crippen molar-refractivity contribution in [1.29, 1.82) is 0 Å². The van der Waals surface area contributed by atoms with Crippen molar-refractivity contribution in [3.63, 3.8) is 0 Å². The van der Waals surface area contributed by atoms with Gasteiger partial charge in [-0.2, -0.15) is 0 Å². The van der Waals surface area contributed by atoms with Crippen LogP contribution in [0.4, 0.5) is 5.69 Å². The molecular formula is C6H5BrClN. The summed E-state index contributed by atoms with van der Waals surface area (Å²) in [7, 11) is 0. The van der Waals surface area contributed by atoms with Gasteiger partial charge in [0.2, 0.25) is 0 Å². The Morgan fingerprint density at radius 3 is 2.11 bits per heavy atom. The summed E-state index contributed by atoms with van der Waals surface area (Å²) in [6.07, 6.45) is 0. The average molecular weight is 206 g/mol. The molecule has 1 aromatic rings. The van der Waals surface area contributed by atoms with Gasteiger partial charge in [0.05, 0.1) is 21.8 Å². The monoisotopic (exact) mass is 205 g/mol. The Morgan fingerprint density at radius 2 is 1.78 bits per heavy atom. The van der Waals surface area contributed by atoms with E-state index in [0.29, 0.717) is 0 Å². The summed E-state index contributed by atoms with van der Waals surface area (Å²) in [4.78, 5) is 0. The van der Waals surface area contributed by atoms with Crippen LogP contribution in [-0.4, -0.2) is 0 Å². The number of hydrogen-bond donors (Lipinski definition) is 0. The van der Waals surface area contributed by atoms with Gasteiger partial charge >= 0.3 is 0 Å². The number of anilines is 1. The van der Waals surface area contributed by atoms with Crippen molar-refractivity contribution in [2.45, 2.75) is 0 Å². The lowest BCUT2D eigenvalue weighted by Crippen LogP contribution is -1.88. The van der Waals surface area contributed by atoms with E-state index in [1.807, 2.05) is 30.3 Å². The highest BCUT2D eigenvalue weighted by Crippen LogP contribution is 2.18. The Morgan fingerprint density at radius 1 is 1.22 bits per heavy atom. The van der Waals surface area contributed by atoms with Gasteiger partial charge in [-0.15, -0.1) is 0 Å². The Balaban J connectivity index is 2.85. The Hall–Kier alpha value is -0.210. The van der Waals surface area contributed by atoms with Crippen LogP contribution < -0.4 is 3.45 Å². The van der Waals surface area contributed by atoms with Crippen LogP contribution in [0.15, 0.2) is 30.3 Å². The fourth-order valence-electron chi connectivity index (χ4n) is 0.541. The minimum Gasteiger partial charge on any atom is -0.218 e. The second-order valence-electron chi connectivity index (χ2n) is 1.57. The predicted octanol–water partition coefficient (Wildman–Crippen LogP) is 2.96. The van der Waals surface area contributed by atoms with Crippen LogP contribution in [0.3, 0.4) is 0 Å². The first-order valence-corrected chi connectivity index (χ1v) is 3.52. The summed E-state index contributed by atoms with van der Waals surface area (Å²) < 4.78 is 1.37. The highest BCUT2D eigenvalue weighted by molar-refractivity contribution is 9.10. The van der Waals surface area contributed by atoms with E-state index >= 15 is 0 Å². The first-order valence-electron chi connectivity index (χ1n) is 2.47. The van der Waals surface area contributed by atoms with Gasteiger partial charge < -0.3 is 0 Å². The van der Waals surface area contributed by atoms with Gasteiger partial charge in [0.1, 0.15) is 0 Å². The summed E-state index contributed by atoms with van der Waals surface area (Å²) >= 11 is 8.63. The van der Waals surface area contributed by atoms with Gasteiger partial charge in [0.15, 0.2) is 0 Å². The van der Waals surface area contributed by atoms with Crippen LogP contribution in [0.1, 0.15) is 0 Å². The molecule has 0 aromatic heterocycles. The van der Waals surface area contributed by atoms with Gasteiger partial charge in [0, 0.05) is 11.8 Å². The molecule has 0 atom stereocenters. The Labute approximate surface area is 67.7 Å². The van der Waals surface area contributed by atoms with Gasteiger partial charge in [0.25, 0.3) is 0 Å². The molecule has 0 fully saturated rings. The molecule has 1 rings (SSSR count). The molecule has 3 heteroatoms. The number of para-hydroxylation sites is 1. The van der Waals surface area contributed by atoms with Crippen LogP contribution in [0.25, 0.3) is 0 Å². The normalized spacial score (nSPS) is 9.11. The fraction of sp³-hybridized carbons (Fsp3) is 0. The summed E-state index contributed by atoms with van der Waals surface area (Å²) in [5.74, 6) is 0. The molecule has 0 N–H and O–H groups in total. The van der Waals surface area contributed by atoms with Crippen molar-refractivity contribution >= 4 is 33.6 Å². The van der Waals surface area contributed by atoms with Crippen molar-refractivity contribution in [3.05, 3.63) is 30.3 Å². The molecule has 0 bridgehead atoms. The minimum absolute atomic E-state index is 0.930. The van der Waals surface area contributed by atoms with Crippen LogP contribution >= 0.6 is 27.9 Å². The third-order valence-corrected chi connectivity index (χ3v) is 1.56. The molecule has 0 aliphatic carbocycles. The van der Waals surface area contributed by atoms with Gasteiger partial charge in [-0.05, 0) is 12.1 Å². The number of hydrogen-bond acceptors (Lipinski definition) is 1. The van der Waals surface area contributed by atoms with Crippen molar-refractivity contribution in [2.24, 2.45) is 0 Å². The van der Waals surface area contributed by atoms with Gasteiger partial charge in [-0.1, -0.05) is 18.2 Å². The third-order valence-electron chi connectivity index (χ3n) is 0.951. The van der Waals surface area contributed by atoms with Crippen LogP contribution in [0.2, 0.25) is 0 Å². The van der Waals surface area contributed by atoms with Crippen LogP contribution in [-0.2, 0) is 0 Å². The van der Waals surface area contributed by atoms with E-state index in [2.05, 4.69) is 16.1 Å². The summed E-state index contributed by atoms with van der Waals surface area (Å²) in [5.41, 5.74) is 0.930. The summed E-state index contributed by atoms with van der Waals surface area (Å²) in [6, 6.07) is 9.60. The lowest BCUT2D eigenvalue weighted by Gasteiger charge is -2.03. The van der Waals surface area contributed by atoms with E-state index in [9.17, 15) is 0 Å². The maximum atomic E-state index is 5.55. The molecule has 0 amide bonds. The largest absolute Gasteiger partial charge is 0.218 e. The number of nitrogens with zero attached hydrogens (tertiary/aromatic N) is 1. The lowest BCUT2D eigenvalue weighted by atomic mass is 10.3. The van der Waals surface area contributed by atoms with E-state index in [0.717, 1.165) is 5.69 Å². The van der Waals surface area contributed by atoms with E-state index < -0.39 is 0 Å². The Kier molecular flexibility index (Phi) is 2.37. The van der Waals surface area contributed by atoms with Crippen molar-refractivity contribution in [2.75, 3.05) is 3.45 Å². The first kappa shape index (κ1) is 6.90. The standard InChI is InChI=1S/C6H5BrClN/c7-9(8)6-4-2-1-3-5-6/h1-5H. The maximum Gasteiger partial charge on any atom is 0.0672 e. The third kappa shape index (κ3) is 1.88. The Bertz CT molecular complexity index is 176. The number of rotatable bonds is 1. The molecule has 0 radical (unpaired) electrons. The predicted molar refractivity (Wildman–Crippen MR) is 43.7 cm³/mol. The lowest BCUT2D eigenvalue weighted by molar-refractivity contribution is 1.61.